The van der Waals surface area contributed by atoms with Gasteiger partial charge in [0.15, 0.2) is 34.8 Å². The van der Waals surface area contributed by atoms with Gasteiger partial charge in [-0.3, -0.25) is 9.59 Å². The van der Waals surface area contributed by atoms with E-state index in [9.17, 15) is 48.2 Å². The number of unbranched alkanes of at least 4 members (excludes halogenated alkanes) is 4. The number of thiophene rings is 4. The Kier molecular flexibility index (Phi) is 23.0. The molecule has 9 rings (SSSR count). The number of allylic oxidation sites excluding steroid dienone is 6. The molecule has 0 fully saturated rings. The average molecular weight is 1320 g/mol. The Bertz CT molecular complexity index is 3770. The van der Waals surface area contributed by atoms with Crippen molar-refractivity contribution in [3.05, 3.63) is 126 Å². The van der Waals surface area contributed by atoms with Crippen LogP contribution in [0, 0.1) is 92.3 Å². The van der Waals surface area contributed by atoms with Gasteiger partial charge in [0.25, 0.3) is 0 Å². The van der Waals surface area contributed by atoms with Crippen LogP contribution in [0.2, 0.25) is 12.1 Å². The molecule has 0 radical (unpaired) electrons. The summed E-state index contributed by atoms with van der Waals surface area (Å²) in [7, 11) is -2.75. The molecule has 0 spiro atoms. The number of hydrogen-bond acceptors (Lipinski definition) is 12. The number of carbonyl (C=O) groups excluding carboxylic acids is 2. The molecule has 4 atom stereocenters. The molecule has 17 heteroatoms. The van der Waals surface area contributed by atoms with Crippen LogP contribution in [0.4, 0.5) is 17.6 Å². The van der Waals surface area contributed by atoms with E-state index in [-0.39, 0.29) is 67.5 Å². The second-order valence-electron chi connectivity index (χ2n) is 24.5. The summed E-state index contributed by atoms with van der Waals surface area (Å²) in [6.07, 6.45) is 20.0. The second-order valence-corrected chi connectivity index (χ2v) is 32.8. The summed E-state index contributed by atoms with van der Waals surface area (Å²) >= 11 is 6.38. The molecule has 6 aromatic rings. The number of Topliss-reactive ketones (excluding diaryl/α,β-unsaturated/α-hetero) is 2. The number of ketones is 2. The highest BCUT2D eigenvalue weighted by atomic mass is 32.1. The van der Waals surface area contributed by atoms with Crippen LogP contribution in [0.3, 0.4) is 0 Å². The maximum absolute atomic E-state index is 15.0. The molecule has 0 N–H and O–H groups in total. The normalized spacial score (nSPS) is 16.9. The molecule has 3 aliphatic rings. The fourth-order valence-corrected chi connectivity index (χ4v) is 26.1. The predicted octanol–water partition coefficient (Wildman–Crippen LogP) is 21.2. The Hall–Kier alpha value is -6.96. The predicted molar refractivity (Wildman–Crippen MR) is 367 cm³/mol. The topological polar surface area (TPSA) is 148 Å². The van der Waals surface area contributed by atoms with Gasteiger partial charge in [0.2, 0.25) is 0 Å². The minimum atomic E-state index is -2.75. The third kappa shape index (κ3) is 14.0. The van der Waals surface area contributed by atoms with E-state index in [1.165, 1.54) is 42.8 Å². The monoisotopic (exact) mass is 1320 g/mol. The molecule has 2 aliphatic carbocycles. The minimum Gasteiger partial charge on any atom is -0.492 e. The second kappa shape index (κ2) is 30.6. The van der Waals surface area contributed by atoms with Gasteiger partial charge < -0.3 is 9.47 Å². The maximum atomic E-state index is 15.0. The molecule has 5 heterocycles. The number of halogens is 4. The molecule has 0 bridgehead atoms. The highest BCUT2D eigenvalue weighted by Gasteiger charge is 2.50. The zero-order valence-electron chi connectivity index (χ0n) is 53.3. The van der Waals surface area contributed by atoms with Crippen LogP contribution >= 0.6 is 45.3 Å². The van der Waals surface area contributed by atoms with E-state index in [0.29, 0.717) is 46.3 Å². The number of nitriles is 4. The Morgan fingerprint density at radius 3 is 1.11 bits per heavy atom. The van der Waals surface area contributed by atoms with Gasteiger partial charge in [-0.05, 0) is 131 Å². The molecular formula is C74H78F4N4O4S4Si. The Balaban J connectivity index is 1.27. The summed E-state index contributed by atoms with van der Waals surface area (Å²) in [6.45, 7) is 18.8. The van der Waals surface area contributed by atoms with Crippen molar-refractivity contribution in [2.45, 2.75) is 170 Å². The van der Waals surface area contributed by atoms with E-state index in [0.717, 1.165) is 159 Å². The lowest BCUT2D eigenvalue weighted by Crippen LogP contribution is -2.56. The lowest BCUT2D eigenvalue weighted by molar-refractivity contribution is 0.103. The zero-order valence-corrected chi connectivity index (χ0v) is 57.6. The van der Waals surface area contributed by atoms with Crippen molar-refractivity contribution in [3.8, 4) is 65.0 Å². The van der Waals surface area contributed by atoms with Gasteiger partial charge in [-0.15, -0.1) is 45.3 Å². The molecule has 4 aromatic heterocycles. The number of fused-ring (bicyclic) bond motifs is 5. The minimum absolute atomic E-state index is 0.00258. The molecule has 2 aromatic carbocycles. The van der Waals surface area contributed by atoms with Crippen molar-refractivity contribution in [1.82, 2.24) is 0 Å². The maximum Gasteiger partial charge on any atom is 0.194 e. The average Bonchev–Trinajstić information content (AvgIpc) is 1.55. The van der Waals surface area contributed by atoms with Gasteiger partial charge in [-0.1, -0.05) is 145 Å². The quantitative estimate of drug-likeness (QED) is 0.0187. The summed E-state index contributed by atoms with van der Waals surface area (Å²) in [5, 5.41) is 43.6. The Morgan fingerprint density at radius 2 is 0.791 bits per heavy atom. The molecule has 1 aliphatic heterocycles. The number of rotatable bonds is 30. The van der Waals surface area contributed by atoms with E-state index in [4.69, 9.17) is 9.47 Å². The van der Waals surface area contributed by atoms with Crippen molar-refractivity contribution >= 4 is 98.7 Å². The van der Waals surface area contributed by atoms with Crippen LogP contribution in [0.1, 0.15) is 200 Å². The van der Waals surface area contributed by atoms with Gasteiger partial charge >= 0.3 is 0 Å². The van der Waals surface area contributed by atoms with E-state index < -0.39 is 42.9 Å². The third-order valence-electron chi connectivity index (χ3n) is 18.7. The number of nitrogens with zero attached hydrogens (tertiary/aromatic N) is 4. The van der Waals surface area contributed by atoms with Crippen LogP contribution in [0.25, 0.3) is 52.6 Å². The van der Waals surface area contributed by atoms with Crippen LogP contribution < -0.4 is 19.8 Å². The summed E-state index contributed by atoms with van der Waals surface area (Å²) in [5.74, 6) is -3.30. The van der Waals surface area contributed by atoms with E-state index in [1.807, 2.05) is 36.4 Å². The van der Waals surface area contributed by atoms with Gasteiger partial charge in [-0.25, -0.2) is 17.6 Å². The third-order valence-corrected chi connectivity index (χ3v) is 29.4. The van der Waals surface area contributed by atoms with Gasteiger partial charge in [0.1, 0.15) is 55.0 Å². The van der Waals surface area contributed by atoms with Gasteiger partial charge in [0, 0.05) is 62.7 Å². The van der Waals surface area contributed by atoms with E-state index in [1.54, 1.807) is 34.8 Å². The van der Waals surface area contributed by atoms with E-state index >= 15 is 0 Å². The molecule has 0 saturated carbocycles. The smallest absolute Gasteiger partial charge is 0.194 e. The molecule has 0 amide bonds. The number of ether oxygens (including phenoxy) is 2. The van der Waals surface area contributed by atoms with E-state index in [2.05, 4.69) is 67.5 Å². The highest BCUT2D eigenvalue weighted by molar-refractivity contribution is 7.34. The lowest BCUT2D eigenvalue weighted by Gasteiger charge is -2.35. The van der Waals surface area contributed by atoms with Gasteiger partial charge in [0.05, 0.1) is 23.0 Å². The molecule has 91 heavy (non-hydrogen) atoms. The van der Waals surface area contributed by atoms with Crippen molar-refractivity contribution < 1.29 is 36.6 Å². The molecular weight excluding hydrogens is 1240 g/mol. The highest BCUT2D eigenvalue weighted by Crippen LogP contribution is 2.54. The fourth-order valence-electron chi connectivity index (χ4n) is 13.4. The molecule has 0 saturated heterocycles. The molecule has 474 valence electrons. The first-order valence-electron chi connectivity index (χ1n) is 32.5. The number of benzene rings is 2. The summed E-state index contributed by atoms with van der Waals surface area (Å²) in [6, 6.07) is 21.9. The fraction of sp³-hybridized carbons (Fsp3) is 0.432. The first-order chi connectivity index (χ1) is 44.0. The van der Waals surface area contributed by atoms with Gasteiger partial charge in [-0.2, -0.15) is 21.0 Å². The van der Waals surface area contributed by atoms with Crippen molar-refractivity contribution in [2.24, 2.45) is 23.7 Å². The molecule has 4 unspecified atom stereocenters. The molecule has 8 nitrogen and oxygen atoms in total. The summed E-state index contributed by atoms with van der Waals surface area (Å²) in [5.41, 5.74) is -1.11. The van der Waals surface area contributed by atoms with Crippen molar-refractivity contribution in [1.29, 1.82) is 21.0 Å². The summed E-state index contributed by atoms with van der Waals surface area (Å²) in [4.78, 5) is 36.1. The SMILES string of the molecule is CCCCC(CC)COc1cc(C=C2C(=O)c3cc(F)c(F)cc3C2=C(C#N)C#N)sc1-c1cc2c(s1)-c1sc(-c3sc(C=C4C(=O)c5cc(F)c(F)cc5C4=C(C#N)C#N)cc3OCC(CC)CCCC)cc1[Si]2(CC(CC)CCCC)CC(CC)CCCC. The van der Waals surface area contributed by atoms with Crippen LogP contribution in [0.15, 0.2) is 70.8 Å². The Morgan fingerprint density at radius 1 is 0.462 bits per heavy atom. The van der Waals surface area contributed by atoms with Crippen LogP contribution in [0.5, 0.6) is 11.5 Å². The first kappa shape index (κ1) is 68.4. The van der Waals surface area contributed by atoms with Crippen LogP contribution in [-0.2, 0) is 0 Å². The number of carbonyl (C=O) groups is 2. The van der Waals surface area contributed by atoms with Crippen molar-refractivity contribution in [3.63, 3.8) is 0 Å². The first-order valence-corrected chi connectivity index (χ1v) is 38.1. The lowest BCUT2D eigenvalue weighted by atomic mass is 9.99. The summed E-state index contributed by atoms with van der Waals surface area (Å²) < 4.78 is 73.5. The van der Waals surface area contributed by atoms with Crippen LogP contribution in [-0.4, -0.2) is 32.9 Å². The Labute approximate surface area is 550 Å². The number of hydrogen-bond donors (Lipinski definition) is 0. The largest absolute Gasteiger partial charge is 0.492 e. The van der Waals surface area contributed by atoms with Crippen molar-refractivity contribution in [2.75, 3.05) is 13.2 Å². The standard InChI is InChI=1S/C74H78F4N4O4S4Si/c1-9-17-21-43(13-5)39-85-61-27-49(25-55-67(47(35-79)36-80)51-29-57(75)59(77)31-53(51)69(55)83)87-71(61)63-33-65-73(89-63)74-66(91(65,41-45(15-7)23-19-11-3)42-46(16-8)24-20-12-4)34-64(90-74)72-62(86-40-44(14-6)22-18-10-2)28-50(88-72)26-56-68(48(37-81)38-82)52-30-58(76)60(78)32-54(52)70(56)84/h25-34,43-46H,9-24,39-42H2,1-8H3. The zero-order chi connectivity index (χ0) is 65.3.